The molecule has 1 aliphatic heterocycles. The molecule has 5 heteroatoms. The van der Waals surface area contributed by atoms with Crippen molar-refractivity contribution in [3.8, 4) is 5.75 Å². The minimum absolute atomic E-state index is 0.0530. The van der Waals surface area contributed by atoms with Gasteiger partial charge in [-0.1, -0.05) is 0 Å². The molecule has 0 atom stereocenters. The van der Waals surface area contributed by atoms with Gasteiger partial charge in [-0.05, 0) is 30.7 Å². The van der Waals surface area contributed by atoms with Gasteiger partial charge < -0.3 is 14.9 Å². The summed E-state index contributed by atoms with van der Waals surface area (Å²) in [5.41, 5.74) is 0.562. The number of phenolic OH excluding ortho intramolecular Hbond substituents is 1. The molecule has 5 nitrogen and oxygen atoms in total. The summed E-state index contributed by atoms with van der Waals surface area (Å²) in [6, 6.07) is 6.23. The second kappa shape index (κ2) is 5.53. The fourth-order valence-electron chi connectivity index (χ4n) is 2.03. The van der Waals surface area contributed by atoms with Crippen LogP contribution in [0.4, 0.5) is 0 Å². The van der Waals surface area contributed by atoms with Crippen LogP contribution in [0.3, 0.4) is 0 Å². The first kappa shape index (κ1) is 12.4. The smallest absolute Gasteiger partial charge is 0.253 e. The van der Waals surface area contributed by atoms with Gasteiger partial charge in [0.1, 0.15) is 5.75 Å². The van der Waals surface area contributed by atoms with E-state index in [0.717, 1.165) is 12.8 Å². The highest BCUT2D eigenvalue weighted by atomic mass is 16.3. The number of benzene rings is 1. The van der Waals surface area contributed by atoms with Gasteiger partial charge in [0.05, 0.1) is 0 Å². The van der Waals surface area contributed by atoms with Gasteiger partial charge in [0.2, 0.25) is 6.41 Å². The first-order valence-corrected chi connectivity index (χ1v) is 5.98. The van der Waals surface area contributed by atoms with E-state index in [1.165, 1.54) is 12.1 Å². The van der Waals surface area contributed by atoms with Crippen LogP contribution in [-0.2, 0) is 4.79 Å². The van der Waals surface area contributed by atoms with E-state index in [0.29, 0.717) is 31.7 Å². The molecule has 1 aromatic rings. The van der Waals surface area contributed by atoms with Crippen LogP contribution in [-0.4, -0.2) is 53.4 Å². The quantitative estimate of drug-likeness (QED) is 0.784. The fourth-order valence-corrected chi connectivity index (χ4v) is 2.03. The van der Waals surface area contributed by atoms with Crippen LogP contribution in [0.2, 0.25) is 0 Å². The van der Waals surface area contributed by atoms with Crippen LogP contribution in [0, 0.1) is 0 Å². The zero-order chi connectivity index (χ0) is 13.0. The largest absolute Gasteiger partial charge is 0.508 e. The number of phenols is 1. The molecule has 1 heterocycles. The van der Waals surface area contributed by atoms with Crippen molar-refractivity contribution in [2.45, 2.75) is 6.42 Å². The summed E-state index contributed by atoms with van der Waals surface area (Å²) in [6.07, 6.45) is 1.62. The summed E-state index contributed by atoms with van der Waals surface area (Å²) >= 11 is 0. The van der Waals surface area contributed by atoms with E-state index in [2.05, 4.69) is 0 Å². The molecule has 0 aromatic heterocycles. The van der Waals surface area contributed by atoms with Gasteiger partial charge in [-0.15, -0.1) is 0 Å². The number of hydrogen-bond donors (Lipinski definition) is 1. The number of carbonyl (C=O) groups excluding carboxylic acids is 2. The molecule has 0 saturated carbocycles. The zero-order valence-electron chi connectivity index (χ0n) is 10.1. The van der Waals surface area contributed by atoms with Crippen LogP contribution in [0.5, 0.6) is 5.75 Å². The van der Waals surface area contributed by atoms with E-state index in [1.807, 2.05) is 0 Å². The maximum atomic E-state index is 12.2. The van der Waals surface area contributed by atoms with Gasteiger partial charge in [0.25, 0.3) is 5.91 Å². The first-order chi connectivity index (χ1) is 8.70. The first-order valence-electron chi connectivity index (χ1n) is 5.98. The molecule has 1 N–H and O–H groups in total. The van der Waals surface area contributed by atoms with Gasteiger partial charge in [0.15, 0.2) is 0 Å². The van der Waals surface area contributed by atoms with Gasteiger partial charge in [-0.2, -0.15) is 0 Å². The number of nitrogens with zero attached hydrogens (tertiary/aromatic N) is 2. The Kier molecular flexibility index (Phi) is 3.82. The Morgan fingerprint density at radius 1 is 1.11 bits per heavy atom. The van der Waals surface area contributed by atoms with Crippen molar-refractivity contribution in [1.29, 1.82) is 0 Å². The predicted octanol–water partition coefficient (Wildman–Crippen LogP) is 0.696. The molecule has 2 amide bonds. The highest BCUT2D eigenvalue weighted by Crippen LogP contribution is 2.13. The van der Waals surface area contributed by atoms with Crippen molar-refractivity contribution in [1.82, 2.24) is 9.80 Å². The molecule has 1 saturated heterocycles. The zero-order valence-corrected chi connectivity index (χ0v) is 10.1. The van der Waals surface area contributed by atoms with Crippen molar-refractivity contribution >= 4 is 12.3 Å². The van der Waals surface area contributed by atoms with Crippen LogP contribution >= 0.6 is 0 Å². The number of carbonyl (C=O) groups is 2. The van der Waals surface area contributed by atoms with Crippen LogP contribution in [0.15, 0.2) is 24.3 Å². The van der Waals surface area contributed by atoms with Crippen molar-refractivity contribution in [2.24, 2.45) is 0 Å². The minimum atomic E-state index is -0.0530. The van der Waals surface area contributed by atoms with E-state index in [4.69, 9.17) is 0 Å². The van der Waals surface area contributed by atoms with Crippen LogP contribution in [0.25, 0.3) is 0 Å². The van der Waals surface area contributed by atoms with E-state index >= 15 is 0 Å². The predicted molar refractivity (Wildman–Crippen MR) is 66.3 cm³/mol. The Hall–Kier alpha value is -2.04. The number of aromatic hydroxyl groups is 1. The summed E-state index contributed by atoms with van der Waals surface area (Å²) in [5, 5.41) is 9.19. The number of amides is 2. The third-order valence-electron chi connectivity index (χ3n) is 3.08. The summed E-state index contributed by atoms with van der Waals surface area (Å²) in [5.74, 6) is 0.0947. The van der Waals surface area contributed by atoms with E-state index in [1.54, 1.807) is 21.9 Å². The third-order valence-corrected chi connectivity index (χ3v) is 3.08. The van der Waals surface area contributed by atoms with Crippen LogP contribution in [0.1, 0.15) is 16.8 Å². The average Bonchev–Trinajstić information content (AvgIpc) is 2.64. The number of hydrogen-bond acceptors (Lipinski definition) is 3. The molecule has 0 aliphatic carbocycles. The van der Waals surface area contributed by atoms with E-state index in [9.17, 15) is 14.7 Å². The van der Waals surface area contributed by atoms with Gasteiger partial charge in [-0.3, -0.25) is 9.59 Å². The summed E-state index contributed by atoms with van der Waals surface area (Å²) in [4.78, 5) is 26.3. The lowest BCUT2D eigenvalue weighted by Gasteiger charge is -2.20. The second-order valence-electron chi connectivity index (χ2n) is 4.33. The van der Waals surface area contributed by atoms with Crippen molar-refractivity contribution in [3.05, 3.63) is 29.8 Å². The summed E-state index contributed by atoms with van der Waals surface area (Å²) in [7, 11) is 0. The molecule has 1 aromatic carbocycles. The van der Waals surface area contributed by atoms with E-state index < -0.39 is 0 Å². The lowest BCUT2D eigenvalue weighted by atomic mass is 10.2. The lowest BCUT2D eigenvalue weighted by molar-refractivity contribution is -0.118. The molecule has 18 heavy (non-hydrogen) atoms. The average molecular weight is 248 g/mol. The monoisotopic (exact) mass is 248 g/mol. The topological polar surface area (TPSA) is 60.9 Å². The maximum Gasteiger partial charge on any atom is 0.253 e. The Morgan fingerprint density at radius 2 is 1.83 bits per heavy atom. The SMILES string of the molecule is O=CN1CCCN(C(=O)c2ccc(O)cc2)CC1. The fraction of sp³-hybridized carbons (Fsp3) is 0.385. The molecular formula is C13H16N2O3. The third kappa shape index (κ3) is 2.80. The molecule has 1 fully saturated rings. The molecule has 0 bridgehead atoms. The normalized spacial score (nSPS) is 16.2. The van der Waals surface area contributed by atoms with Crippen molar-refractivity contribution in [3.63, 3.8) is 0 Å². The summed E-state index contributed by atoms with van der Waals surface area (Å²) < 4.78 is 0. The Bertz CT molecular complexity index is 430. The molecule has 2 rings (SSSR count). The molecule has 0 spiro atoms. The molecule has 96 valence electrons. The Balaban J connectivity index is 2.04. The number of rotatable bonds is 2. The standard InChI is InChI=1S/C13H16N2O3/c16-10-14-6-1-7-15(9-8-14)13(18)11-2-4-12(17)5-3-11/h2-5,10,17H,1,6-9H2. The lowest BCUT2D eigenvalue weighted by Crippen LogP contribution is -2.34. The van der Waals surface area contributed by atoms with Gasteiger partial charge in [0, 0.05) is 31.7 Å². The summed E-state index contributed by atoms with van der Waals surface area (Å²) in [6.45, 7) is 2.48. The molecule has 0 unspecified atom stereocenters. The van der Waals surface area contributed by atoms with Crippen molar-refractivity contribution in [2.75, 3.05) is 26.2 Å². The van der Waals surface area contributed by atoms with Gasteiger partial charge in [-0.25, -0.2) is 0 Å². The maximum absolute atomic E-state index is 12.2. The van der Waals surface area contributed by atoms with Gasteiger partial charge >= 0.3 is 0 Å². The molecular weight excluding hydrogens is 232 g/mol. The minimum Gasteiger partial charge on any atom is -0.508 e. The van der Waals surface area contributed by atoms with Crippen molar-refractivity contribution < 1.29 is 14.7 Å². The van der Waals surface area contributed by atoms with Crippen LogP contribution < -0.4 is 0 Å². The Labute approximate surface area is 106 Å². The molecule has 0 radical (unpaired) electrons. The second-order valence-corrected chi connectivity index (χ2v) is 4.33. The Morgan fingerprint density at radius 3 is 2.50 bits per heavy atom. The highest BCUT2D eigenvalue weighted by Gasteiger charge is 2.19. The highest BCUT2D eigenvalue weighted by molar-refractivity contribution is 5.94. The molecule has 1 aliphatic rings. The van der Waals surface area contributed by atoms with E-state index in [-0.39, 0.29) is 11.7 Å².